The maximum absolute atomic E-state index is 11.1. The quantitative estimate of drug-likeness (QED) is 0.392. The second-order valence-electron chi connectivity index (χ2n) is 3.80. The van der Waals surface area contributed by atoms with Crippen molar-refractivity contribution in [3.8, 4) is 0 Å². The number of amides is 2. The van der Waals surface area contributed by atoms with Gasteiger partial charge in [-0.3, -0.25) is 19.7 Å². The molecule has 0 atom stereocenters. The number of anilines is 1. The summed E-state index contributed by atoms with van der Waals surface area (Å²) in [5, 5.41) is 10.8. The van der Waals surface area contributed by atoms with Crippen LogP contribution in [-0.2, 0) is 9.59 Å². The minimum absolute atomic E-state index is 0.0102. The van der Waals surface area contributed by atoms with Gasteiger partial charge < -0.3 is 16.4 Å². The number of halogens is 1. The van der Waals surface area contributed by atoms with Gasteiger partial charge in [0.15, 0.2) is 0 Å². The van der Waals surface area contributed by atoms with E-state index in [1.807, 2.05) is 0 Å². The fraction of sp³-hybridized carbons (Fsp3) is 0.333. The van der Waals surface area contributed by atoms with Crippen LogP contribution in [0.15, 0.2) is 0 Å². The Hall–Kier alpha value is -2.49. The first-order valence-electron chi connectivity index (χ1n) is 5.22. The van der Waals surface area contributed by atoms with Crippen LogP contribution in [0.1, 0.15) is 5.69 Å². The SMILES string of the molecule is Cc1nc(Cl)nc(N(CC(N)=O)CC(N)=O)c1[N+](=O)[O-]. The van der Waals surface area contributed by atoms with Gasteiger partial charge in [-0.1, -0.05) is 0 Å². The minimum atomic E-state index is -0.812. The molecule has 0 unspecified atom stereocenters. The molecule has 0 aliphatic heterocycles. The van der Waals surface area contributed by atoms with E-state index >= 15 is 0 Å². The summed E-state index contributed by atoms with van der Waals surface area (Å²) in [6, 6.07) is 0. The Bertz CT molecular complexity index is 562. The number of hydrogen-bond acceptors (Lipinski definition) is 7. The van der Waals surface area contributed by atoms with E-state index in [0.717, 1.165) is 4.90 Å². The number of primary amides is 2. The molecule has 0 aliphatic rings. The Morgan fingerprint density at radius 2 is 1.80 bits per heavy atom. The molecule has 0 aromatic carbocycles. The Labute approximate surface area is 117 Å². The van der Waals surface area contributed by atoms with Gasteiger partial charge in [0.2, 0.25) is 22.9 Å². The monoisotopic (exact) mass is 302 g/mol. The normalized spacial score (nSPS) is 10.1. The molecular formula is C9H11ClN6O4. The van der Waals surface area contributed by atoms with Crippen molar-refractivity contribution in [1.29, 1.82) is 0 Å². The van der Waals surface area contributed by atoms with E-state index in [-0.39, 0.29) is 16.8 Å². The topological polar surface area (TPSA) is 158 Å². The number of aromatic nitrogens is 2. The third kappa shape index (κ3) is 3.75. The Morgan fingerprint density at radius 1 is 1.30 bits per heavy atom. The molecule has 0 saturated heterocycles. The largest absolute Gasteiger partial charge is 0.368 e. The van der Waals surface area contributed by atoms with Crippen LogP contribution in [0.2, 0.25) is 5.28 Å². The van der Waals surface area contributed by atoms with Crippen LogP contribution in [0, 0.1) is 17.0 Å². The van der Waals surface area contributed by atoms with E-state index in [0.29, 0.717) is 0 Å². The first-order valence-corrected chi connectivity index (χ1v) is 5.60. The van der Waals surface area contributed by atoms with Crippen molar-refractivity contribution < 1.29 is 14.5 Å². The molecule has 4 N–H and O–H groups in total. The number of carbonyl (C=O) groups excluding carboxylic acids is 2. The predicted molar refractivity (Wildman–Crippen MR) is 69.0 cm³/mol. The molecule has 108 valence electrons. The molecule has 1 heterocycles. The van der Waals surface area contributed by atoms with E-state index in [1.54, 1.807) is 0 Å². The Balaban J connectivity index is 3.40. The molecule has 0 fully saturated rings. The third-order valence-electron chi connectivity index (χ3n) is 2.19. The summed E-state index contributed by atoms with van der Waals surface area (Å²) in [4.78, 5) is 40.6. The molecule has 0 spiro atoms. The van der Waals surface area contributed by atoms with Gasteiger partial charge in [0.25, 0.3) is 0 Å². The lowest BCUT2D eigenvalue weighted by molar-refractivity contribution is -0.385. The first kappa shape index (κ1) is 15.6. The standard InChI is InChI=1S/C9H11ClN6O4/c1-4-7(16(19)20)8(14-9(10)13-4)15(2-5(11)17)3-6(12)18/h2-3H2,1H3,(H2,11,17)(H2,12,18). The number of aryl methyl sites for hydroxylation is 1. The Kier molecular flexibility index (Phi) is 4.75. The summed E-state index contributed by atoms with van der Waals surface area (Å²) in [6.45, 7) is 0.398. The zero-order valence-corrected chi connectivity index (χ0v) is 11.1. The van der Waals surface area contributed by atoms with Gasteiger partial charge in [0, 0.05) is 0 Å². The molecule has 10 nitrogen and oxygen atoms in total. The summed E-state index contributed by atoms with van der Waals surface area (Å²) < 4.78 is 0. The lowest BCUT2D eigenvalue weighted by Gasteiger charge is -2.20. The zero-order valence-electron chi connectivity index (χ0n) is 10.4. The van der Waals surface area contributed by atoms with Gasteiger partial charge in [-0.2, -0.15) is 4.98 Å². The molecule has 1 aromatic heterocycles. The highest BCUT2D eigenvalue weighted by atomic mass is 35.5. The second kappa shape index (κ2) is 6.10. The highest BCUT2D eigenvalue weighted by molar-refractivity contribution is 6.28. The van der Waals surface area contributed by atoms with Crippen molar-refractivity contribution >= 4 is 34.9 Å². The molecule has 0 radical (unpaired) electrons. The van der Waals surface area contributed by atoms with Crippen LogP contribution in [0.3, 0.4) is 0 Å². The van der Waals surface area contributed by atoms with Gasteiger partial charge in [-0.25, -0.2) is 4.98 Å². The first-order chi connectivity index (χ1) is 9.22. The smallest absolute Gasteiger partial charge is 0.332 e. The van der Waals surface area contributed by atoms with Crippen LogP contribution in [0.5, 0.6) is 0 Å². The van der Waals surface area contributed by atoms with E-state index < -0.39 is 35.5 Å². The van der Waals surface area contributed by atoms with Crippen LogP contribution in [-0.4, -0.2) is 39.8 Å². The fourth-order valence-electron chi connectivity index (χ4n) is 1.53. The average molecular weight is 303 g/mol. The molecule has 0 bridgehead atoms. The number of nitrogens with two attached hydrogens (primary N) is 2. The van der Waals surface area contributed by atoms with Crippen molar-refractivity contribution in [2.75, 3.05) is 18.0 Å². The summed E-state index contributed by atoms with van der Waals surface area (Å²) in [5.74, 6) is -1.91. The van der Waals surface area contributed by atoms with Gasteiger partial charge in [0.05, 0.1) is 18.0 Å². The Morgan fingerprint density at radius 3 is 2.20 bits per heavy atom. The molecule has 11 heteroatoms. The van der Waals surface area contributed by atoms with E-state index in [2.05, 4.69) is 9.97 Å². The highest BCUT2D eigenvalue weighted by Crippen LogP contribution is 2.29. The second-order valence-corrected chi connectivity index (χ2v) is 4.13. The van der Waals surface area contributed by atoms with Gasteiger partial charge in [-0.15, -0.1) is 0 Å². The average Bonchev–Trinajstić information content (AvgIpc) is 2.24. The van der Waals surface area contributed by atoms with Crippen LogP contribution in [0.4, 0.5) is 11.5 Å². The number of carbonyl (C=O) groups is 2. The fourth-order valence-corrected chi connectivity index (χ4v) is 1.74. The van der Waals surface area contributed by atoms with Crippen LogP contribution >= 0.6 is 11.6 Å². The highest BCUT2D eigenvalue weighted by Gasteiger charge is 2.27. The molecule has 2 amide bonds. The molecule has 1 aromatic rings. The molecule has 20 heavy (non-hydrogen) atoms. The van der Waals surface area contributed by atoms with Crippen molar-refractivity contribution in [3.63, 3.8) is 0 Å². The van der Waals surface area contributed by atoms with E-state index in [9.17, 15) is 19.7 Å². The summed E-state index contributed by atoms with van der Waals surface area (Å²) >= 11 is 5.64. The van der Waals surface area contributed by atoms with Crippen molar-refractivity contribution in [2.24, 2.45) is 11.5 Å². The van der Waals surface area contributed by atoms with Crippen LogP contribution in [0.25, 0.3) is 0 Å². The summed E-state index contributed by atoms with van der Waals surface area (Å²) in [7, 11) is 0. The lowest BCUT2D eigenvalue weighted by Crippen LogP contribution is -2.40. The number of nitro groups is 1. The maximum Gasteiger partial charge on any atom is 0.332 e. The van der Waals surface area contributed by atoms with Crippen molar-refractivity contribution in [3.05, 3.63) is 21.1 Å². The van der Waals surface area contributed by atoms with E-state index in [4.69, 9.17) is 23.1 Å². The number of hydrogen-bond donors (Lipinski definition) is 2. The molecule has 0 aliphatic carbocycles. The molecule has 1 rings (SSSR count). The molecular weight excluding hydrogens is 292 g/mol. The van der Waals surface area contributed by atoms with E-state index in [1.165, 1.54) is 6.92 Å². The third-order valence-corrected chi connectivity index (χ3v) is 2.36. The van der Waals surface area contributed by atoms with Crippen molar-refractivity contribution in [1.82, 2.24) is 9.97 Å². The van der Waals surface area contributed by atoms with Crippen LogP contribution < -0.4 is 16.4 Å². The summed E-state index contributed by atoms with van der Waals surface area (Å²) in [5.41, 5.74) is 9.57. The maximum atomic E-state index is 11.1. The summed E-state index contributed by atoms with van der Waals surface area (Å²) in [6.07, 6.45) is 0. The number of rotatable bonds is 6. The molecule has 0 saturated carbocycles. The zero-order chi connectivity index (χ0) is 15.4. The van der Waals surface area contributed by atoms with Crippen molar-refractivity contribution in [2.45, 2.75) is 6.92 Å². The number of nitrogens with zero attached hydrogens (tertiary/aromatic N) is 4. The van der Waals surface area contributed by atoms with Gasteiger partial charge >= 0.3 is 5.69 Å². The van der Waals surface area contributed by atoms with Gasteiger partial charge in [0.1, 0.15) is 5.69 Å². The lowest BCUT2D eigenvalue weighted by atomic mass is 10.3. The predicted octanol–water partition coefficient (Wildman–Crippen LogP) is -0.876. The van der Waals surface area contributed by atoms with Gasteiger partial charge in [-0.05, 0) is 18.5 Å². The minimum Gasteiger partial charge on any atom is -0.368 e.